The topological polar surface area (TPSA) is 50.4 Å². The minimum absolute atomic E-state index is 0.0249. The van der Waals surface area contributed by atoms with Crippen LogP contribution in [0.25, 0.3) is 0 Å². The molecular weight excluding hydrogens is 264 g/mol. The third kappa shape index (κ3) is 4.99. The quantitative estimate of drug-likeness (QED) is 0.757. The fraction of sp³-hybridized carbons (Fsp3) is 0.500. The predicted octanol–water partition coefficient (Wildman–Crippen LogP) is 2.99. The summed E-state index contributed by atoms with van der Waals surface area (Å²) in [6.45, 7) is 4.94. The molecule has 0 aliphatic heterocycles. The second-order valence-corrected chi connectivity index (χ2v) is 4.77. The van der Waals surface area contributed by atoms with Gasteiger partial charge in [0.2, 0.25) is 5.91 Å². The van der Waals surface area contributed by atoms with E-state index in [0.717, 1.165) is 24.1 Å². The standard InChI is InChI=1S/C14H21ClN2O2/c1-4-5-6-16-14(18)9-17-12-7-10(2)11(15)8-13(12)19-3/h7-8,17H,4-6,9H2,1-3H3,(H,16,18). The summed E-state index contributed by atoms with van der Waals surface area (Å²) in [7, 11) is 1.58. The van der Waals surface area contributed by atoms with Crippen molar-refractivity contribution in [1.29, 1.82) is 0 Å². The number of benzene rings is 1. The molecule has 0 fully saturated rings. The molecule has 1 rings (SSSR count). The van der Waals surface area contributed by atoms with Crippen LogP contribution in [0.3, 0.4) is 0 Å². The van der Waals surface area contributed by atoms with Crippen molar-refractivity contribution in [2.75, 3.05) is 25.5 Å². The van der Waals surface area contributed by atoms with Gasteiger partial charge in [0, 0.05) is 17.6 Å². The highest BCUT2D eigenvalue weighted by molar-refractivity contribution is 6.31. The van der Waals surface area contributed by atoms with Crippen LogP contribution in [0.4, 0.5) is 5.69 Å². The lowest BCUT2D eigenvalue weighted by atomic mass is 10.2. The molecule has 1 aromatic carbocycles. The maximum atomic E-state index is 11.6. The lowest BCUT2D eigenvalue weighted by Gasteiger charge is -2.13. The maximum absolute atomic E-state index is 11.6. The van der Waals surface area contributed by atoms with E-state index < -0.39 is 0 Å². The molecule has 0 aliphatic rings. The smallest absolute Gasteiger partial charge is 0.239 e. The van der Waals surface area contributed by atoms with E-state index in [4.69, 9.17) is 16.3 Å². The van der Waals surface area contributed by atoms with Crippen molar-refractivity contribution in [2.45, 2.75) is 26.7 Å². The number of amides is 1. The molecule has 5 heteroatoms. The van der Waals surface area contributed by atoms with E-state index in [9.17, 15) is 4.79 Å². The molecule has 0 aromatic heterocycles. The number of carbonyl (C=O) groups is 1. The number of rotatable bonds is 7. The molecule has 0 bridgehead atoms. The zero-order chi connectivity index (χ0) is 14.3. The first-order valence-corrected chi connectivity index (χ1v) is 6.81. The molecule has 106 valence electrons. The zero-order valence-electron chi connectivity index (χ0n) is 11.7. The summed E-state index contributed by atoms with van der Waals surface area (Å²) in [5.74, 6) is 0.611. The van der Waals surface area contributed by atoms with Gasteiger partial charge >= 0.3 is 0 Å². The van der Waals surface area contributed by atoms with Crippen LogP contribution in [0, 0.1) is 6.92 Å². The first-order valence-electron chi connectivity index (χ1n) is 6.43. The van der Waals surface area contributed by atoms with E-state index in [-0.39, 0.29) is 12.5 Å². The molecule has 0 aliphatic carbocycles. The number of anilines is 1. The third-order valence-corrected chi connectivity index (χ3v) is 3.18. The number of ether oxygens (including phenoxy) is 1. The Morgan fingerprint density at radius 3 is 2.79 bits per heavy atom. The Morgan fingerprint density at radius 1 is 1.42 bits per heavy atom. The molecule has 2 N–H and O–H groups in total. The Balaban J connectivity index is 2.57. The number of halogens is 1. The summed E-state index contributed by atoms with van der Waals surface area (Å²) in [4.78, 5) is 11.6. The number of hydrogen-bond acceptors (Lipinski definition) is 3. The summed E-state index contributed by atoms with van der Waals surface area (Å²) < 4.78 is 5.23. The second-order valence-electron chi connectivity index (χ2n) is 4.36. The van der Waals surface area contributed by atoms with Crippen LogP contribution < -0.4 is 15.4 Å². The molecule has 1 amide bonds. The Hall–Kier alpha value is -1.42. The van der Waals surface area contributed by atoms with E-state index in [1.807, 2.05) is 13.0 Å². The molecule has 0 atom stereocenters. The SMILES string of the molecule is CCCCNC(=O)CNc1cc(C)c(Cl)cc1OC. The summed E-state index contributed by atoms with van der Waals surface area (Å²) in [6, 6.07) is 3.62. The van der Waals surface area contributed by atoms with Crippen molar-refractivity contribution < 1.29 is 9.53 Å². The molecule has 0 spiro atoms. The molecular formula is C14H21ClN2O2. The summed E-state index contributed by atoms with van der Waals surface area (Å²) in [6.07, 6.45) is 2.06. The number of nitrogens with one attached hydrogen (secondary N) is 2. The van der Waals surface area contributed by atoms with Gasteiger partial charge in [-0.2, -0.15) is 0 Å². The van der Waals surface area contributed by atoms with Crippen molar-refractivity contribution in [3.05, 3.63) is 22.7 Å². The summed E-state index contributed by atoms with van der Waals surface area (Å²) in [5, 5.41) is 6.56. The number of aryl methyl sites for hydroxylation is 1. The van der Waals surface area contributed by atoms with Crippen molar-refractivity contribution in [2.24, 2.45) is 0 Å². The maximum Gasteiger partial charge on any atom is 0.239 e. The fourth-order valence-electron chi connectivity index (χ4n) is 1.61. The zero-order valence-corrected chi connectivity index (χ0v) is 12.4. The van der Waals surface area contributed by atoms with Gasteiger partial charge in [-0.3, -0.25) is 4.79 Å². The normalized spacial score (nSPS) is 10.1. The first-order chi connectivity index (χ1) is 9.08. The molecule has 0 unspecified atom stereocenters. The van der Waals surface area contributed by atoms with Crippen LogP contribution >= 0.6 is 11.6 Å². The van der Waals surface area contributed by atoms with Gasteiger partial charge in [0.15, 0.2) is 0 Å². The Bertz CT molecular complexity index is 436. The lowest BCUT2D eigenvalue weighted by molar-refractivity contribution is -0.119. The van der Waals surface area contributed by atoms with Crippen molar-refractivity contribution in [3.63, 3.8) is 0 Å². The second kappa shape index (κ2) is 7.89. The number of hydrogen-bond donors (Lipinski definition) is 2. The molecule has 0 radical (unpaired) electrons. The third-order valence-electron chi connectivity index (χ3n) is 2.77. The average Bonchev–Trinajstić information content (AvgIpc) is 2.40. The van der Waals surface area contributed by atoms with Crippen LogP contribution in [0.5, 0.6) is 5.75 Å². The largest absolute Gasteiger partial charge is 0.495 e. The fourth-order valence-corrected chi connectivity index (χ4v) is 1.77. The first kappa shape index (κ1) is 15.6. The predicted molar refractivity (Wildman–Crippen MR) is 79.1 cm³/mol. The Morgan fingerprint density at radius 2 is 2.16 bits per heavy atom. The van der Waals surface area contributed by atoms with Crippen molar-refractivity contribution >= 4 is 23.2 Å². The summed E-state index contributed by atoms with van der Waals surface area (Å²) in [5.41, 5.74) is 1.71. The van der Waals surface area contributed by atoms with Gasteiger partial charge < -0.3 is 15.4 Å². The highest BCUT2D eigenvalue weighted by Crippen LogP contribution is 2.30. The Labute approximate surface area is 119 Å². The van der Waals surface area contributed by atoms with E-state index in [1.165, 1.54) is 0 Å². The summed E-state index contributed by atoms with van der Waals surface area (Å²) >= 11 is 6.02. The highest BCUT2D eigenvalue weighted by Gasteiger charge is 2.08. The van der Waals surface area contributed by atoms with Crippen molar-refractivity contribution in [1.82, 2.24) is 5.32 Å². The average molecular weight is 285 g/mol. The molecule has 0 heterocycles. The molecule has 0 saturated carbocycles. The molecule has 4 nitrogen and oxygen atoms in total. The van der Waals surface area contributed by atoms with Gasteiger partial charge in [0.1, 0.15) is 5.75 Å². The van der Waals surface area contributed by atoms with Crippen LogP contribution in [0.1, 0.15) is 25.3 Å². The minimum atomic E-state index is -0.0249. The van der Waals surface area contributed by atoms with Crippen LogP contribution in [-0.2, 0) is 4.79 Å². The van der Waals surface area contributed by atoms with Gasteiger partial charge in [-0.05, 0) is 25.0 Å². The van der Waals surface area contributed by atoms with Crippen LogP contribution in [0.15, 0.2) is 12.1 Å². The van der Waals surface area contributed by atoms with Crippen LogP contribution in [-0.4, -0.2) is 26.1 Å². The minimum Gasteiger partial charge on any atom is -0.495 e. The van der Waals surface area contributed by atoms with Gasteiger partial charge in [-0.25, -0.2) is 0 Å². The van der Waals surface area contributed by atoms with Crippen LogP contribution in [0.2, 0.25) is 5.02 Å². The van der Waals surface area contributed by atoms with E-state index in [1.54, 1.807) is 13.2 Å². The molecule has 19 heavy (non-hydrogen) atoms. The van der Waals surface area contributed by atoms with E-state index >= 15 is 0 Å². The van der Waals surface area contributed by atoms with E-state index in [2.05, 4.69) is 17.6 Å². The van der Waals surface area contributed by atoms with Gasteiger partial charge in [-0.1, -0.05) is 24.9 Å². The molecule has 0 saturated heterocycles. The number of unbranched alkanes of at least 4 members (excludes halogenated alkanes) is 1. The van der Waals surface area contributed by atoms with E-state index in [0.29, 0.717) is 17.3 Å². The van der Waals surface area contributed by atoms with Gasteiger partial charge in [0.25, 0.3) is 0 Å². The number of methoxy groups -OCH3 is 1. The molecule has 1 aromatic rings. The van der Waals surface area contributed by atoms with Crippen molar-refractivity contribution in [3.8, 4) is 5.75 Å². The lowest BCUT2D eigenvalue weighted by Crippen LogP contribution is -2.30. The Kier molecular flexibility index (Phi) is 6.50. The number of carbonyl (C=O) groups excluding carboxylic acids is 1. The highest BCUT2D eigenvalue weighted by atomic mass is 35.5. The van der Waals surface area contributed by atoms with Gasteiger partial charge in [0.05, 0.1) is 19.3 Å². The van der Waals surface area contributed by atoms with Gasteiger partial charge in [-0.15, -0.1) is 0 Å². The monoisotopic (exact) mass is 284 g/mol.